The molecule has 0 N–H and O–H groups in total. The number of ether oxygens (including phenoxy) is 2. The van der Waals surface area contributed by atoms with Crippen molar-refractivity contribution in [3.63, 3.8) is 0 Å². The monoisotopic (exact) mass is 366 g/mol. The first kappa shape index (κ1) is 18.7. The van der Waals surface area contributed by atoms with Crippen molar-refractivity contribution in [3.05, 3.63) is 74.6 Å². The number of esters is 1. The number of hydrogen-bond acceptors (Lipinski definition) is 5. The second kappa shape index (κ2) is 7.66. The highest BCUT2D eigenvalue weighted by Crippen LogP contribution is 2.25. The minimum absolute atomic E-state index is 0.106. The van der Waals surface area contributed by atoms with E-state index < -0.39 is 11.6 Å². The van der Waals surface area contributed by atoms with E-state index in [2.05, 4.69) is 22.9 Å². The minimum atomic E-state index is -0.530. The van der Waals surface area contributed by atoms with Crippen molar-refractivity contribution < 1.29 is 18.7 Å². The zero-order valence-corrected chi connectivity index (χ0v) is 15.9. The summed E-state index contributed by atoms with van der Waals surface area (Å²) in [6.07, 6.45) is -0.106. The average molecular weight is 366 g/mol. The Balaban J connectivity index is 1.89. The van der Waals surface area contributed by atoms with Crippen molar-refractivity contribution in [1.82, 2.24) is 0 Å². The number of aryl methyl sites for hydroxylation is 3. The molecule has 0 spiro atoms. The van der Waals surface area contributed by atoms with Crippen LogP contribution in [0.25, 0.3) is 11.0 Å². The summed E-state index contributed by atoms with van der Waals surface area (Å²) in [4.78, 5) is 23.8. The second-order valence-electron chi connectivity index (χ2n) is 6.62. The minimum Gasteiger partial charge on any atom is -0.489 e. The summed E-state index contributed by atoms with van der Waals surface area (Å²) in [5.74, 6) is 0.143. The number of rotatable bonds is 5. The van der Waals surface area contributed by atoms with Crippen LogP contribution >= 0.6 is 0 Å². The molecule has 0 saturated heterocycles. The van der Waals surface area contributed by atoms with Crippen LogP contribution in [0.15, 0.2) is 45.6 Å². The number of methoxy groups -OCH3 is 1. The first-order valence-electron chi connectivity index (χ1n) is 8.71. The van der Waals surface area contributed by atoms with Crippen LogP contribution in [0.2, 0.25) is 0 Å². The summed E-state index contributed by atoms with van der Waals surface area (Å²) in [6.45, 7) is 6.32. The lowest BCUT2D eigenvalue weighted by Gasteiger charge is -2.11. The lowest BCUT2D eigenvalue weighted by atomic mass is 10.0. The van der Waals surface area contributed by atoms with E-state index >= 15 is 0 Å². The third-order valence-electron chi connectivity index (χ3n) is 4.71. The van der Waals surface area contributed by atoms with E-state index in [9.17, 15) is 9.59 Å². The lowest BCUT2D eigenvalue weighted by Crippen LogP contribution is -2.16. The molecule has 0 aliphatic rings. The summed E-state index contributed by atoms with van der Waals surface area (Å²) in [7, 11) is 1.29. The quantitative estimate of drug-likeness (QED) is 0.504. The molecule has 5 heteroatoms. The fourth-order valence-corrected chi connectivity index (χ4v) is 3.00. The molecular weight excluding hydrogens is 344 g/mol. The van der Waals surface area contributed by atoms with Gasteiger partial charge in [-0.2, -0.15) is 0 Å². The van der Waals surface area contributed by atoms with Crippen LogP contribution in [-0.2, 0) is 22.6 Å². The maximum atomic E-state index is 12.3. The molecule has 27 heavy (non-hydrogen) atoms. The van der Waals surface area contributed by atoms with Gasteiger partial charge in [-0.3, -0.25) is 4.79 Å². The zero-order valence-electron chi connectivity index (χ0n) is 15.9. The molecule has 5 nitrogen and oxygen atoms in total. The summed E-state index contributed by atoms with van der Waals surface area (Å²) >= 11 is 0. The third-order valence-corrected chi connectivity index (χ3v) is 4.71. The molecule has 0 aliphatic carbocycles. The molecule has 0 unspecified atom stereocenters. The van der Waals surface area contributed by atoms with Crippen molar-refractivity contribution in [1.29, 1.82) is 0 Å². The van der Waals surface area contributed by atoms with Crippen LogP contribution in [0.5, 0.6) is 5.75 Å². The Bertz CT molecular complexity index is 1060. The fourth-order valence-electron chi connectivity index (χ4n) is 3.00. The van der Waals surface area contributed by atoms with Gasteiger partial charge in [0.1, 0.15) is 17.9 Å². The third kappa shape index (κ3) is 4.03. The van der Waals surface area contributed by atoms with Crippen molar-refractivity contribution in [3.8, 4) is 5.75 Å². The average Bonchev–Trinajstić information content (AvgIpc) is 2.65. The SMILES string of the molecule is COC(=O)Cc1c(C)c2ccc(OCc3cc(C)ccc3C)cc2oc1=O. The van der Waals surface area contributed by atoms with Gasteiger partial charge in [-0.15, -0.1) is 0 Å². The number of carbonyl (C=O) groups excluding carboxylic acids is 1. The van der Waals surface area contributed by atoms with Crippen LogP contribution in [0.4, 0.5) is 0 Å². The van der Waals surface area contributed by atoms with E-state index in [1.165, 1.54) is 12.7 Å². The summed E-state index contributed by atoms with van der Waals surface area (Å²) in [5.41, 5.74) is 4.39. The van der Waals surface area contributed by atoms with Crippen LogP contribution in [-0.4, -0.2) is 13.1 Å². The summed E-state index contributed by atoms with van der Waals surface area (Å²) < 4.78 is 16.0. The van der Waals surface area contributed by atoms with Crippen LogP contribution in [0.3, 0.4) is 0 Å². The van der Waals surface area contributed by atoms with Crippen molar-refractivity contribution >= 4 is 16.9 Å². The fraction of sp³-hybridized carbons (Fsp3) is 0.273. The van der Waals surface area contributed by atoms with E-state index in [1.54, 1.807) is 13.0 Å². The molecule has 2 aromatic carbocycles. The van der Waals surface area contributed by atoms with Gasteiger partial charge in [0, 0.05) is 11.5 Å². The second-order valence-corrected chi connectivity index (χ2v) is 6.62. The van der Waals surface area contributed by atoms with E-state index in [0.717, 1.165) is 16.5 Å². The molecule has 0 fully saturated rings. The van der Waals surface area contributed by atoms with Crippen molar-refractivity contribution in [2.75, 3.05) is 7.11 Å². The van der Waals surface area contributed by atoms with Gasteiger partial charge in [0.25, 0.3) is 0 Å². The summed E-state index contributed by atoms with van der Waals surface area (Å²) in [6, 6.07) is 11.6. The Morgan fingerprint density at radius 1 is 1.07 bits per heavy atom. The number of fused-ring (bicyclic) bond motifs is 1. The molecule has 0 aliphatic heterocycles. The first-order valence-corrected chi connectivity index (χ1v) is 8.71. The largest absolute Gasteiger partial charge is 0.489 e. The van der Waals surface area contributed by atoms with E-state index in [4.69, 9.17) is 9.15 Å². The Morgan fingerprint density at radius 2 is 1.85 bits per heavy atom. The van der Waals surface area contributed by atoms with Crippen molar-refractivity contribution in [2.24, 2.45) is 0 Å². The molecule has 3 aromatic rings. The maximum absolute atomic E-state index is 12.3. The number of benzene rings is 2. The smallest absolute Gasteiger partial charge is 0.340 e. The number of carbonyl (C=O) groups is 1. The molecule has 140 valence electrons. The van der Waals surface area contributed by atoms with Crippen molar-refractivity contribution in [2.45, 2.75) is 33.8 Å². The van der Waals surface area contributed by atoms with Gasteiger partial charge in [-0.25, -0.2) is 4.79 Å². The van der Waals surface area contributed by atoms with Gasteiger partial charge in [-0.05, 0) is 49.6 Å². The molecule has 0 atom stereocenters. The van der Waals surface area contributed by atoms with E-state index in [0.29, 0.717) is 29.1 Å². The molecule has 0 saturated carbocycles. The first-order chi connectivity index (χ1) is 12.9. The molecular formula is C22H22O5. The standard InChI is InChI=1S/C22H22O5/c1-13-5-6-14(2)16(9-13)12-26-17-7-8-18-15(3)19(11-21(23)25-4)22(24)27-20(18)10-17/h5-10H,11-12H2,1-4H3. The normalized spacial score (nSPS) is 10.8. The molecule has 3 rings (SSSR count). The number of hydrogen-bond donors (Lipinski definition) is 0. The summed E-state index contributed by atoms with van der Waals surface area (Å²) in [5, 5.41) is 0.771. The molecule has 1 aromatic heterocycles. The Hall–Kier alpha value is -3.08. The molecule has 1 heterocycles. The molecule has 0 bridgehead atoms. The van der Waals surface area contributed by atoms with Gasteiger partial charge >= 0.3 is 11.6 Å². The highest BCUT2D eigenvalue weighted by Gasteiger charge is 2.15. The van der Waals surface area contributed by atoms with E-state index in [-0.39, 0.29) is 6.42 Å². The Labute approximate surface area is 157 Å². The van der Waals surface area contributed by atoms with Crippen LogP contribution in [0, 0.1) is 20.8 Å². The Kier molecular flexibility index (Phi) is 5.31. The van der Waals surface area contributed by atoms with Gasteiger partial charge in [-0.1, -0.05) is 23.8 Å². The van der Waals surface area contributed by atoms with Crippen LogP contribution in [0.1, 0.15) is 27.8 Å². The van der Waals surface area contributed by atoms with Gasteiger partial charge in [0.15, 0.2) is 0 Å². The molecule has 0 amide bonds. The zero-order chi connectivity index (χ0) is 19.6. The molecule has 0 radical (unpaired) electrons. The maximum Gasteiger partial charge on any atom is 0.340 e. The highest BCUT2D eigenvalue weighted by molar-refractivity contribution is 5.84. The van der Waals surface area contributed by atoms with Crippen LogP contribution < -0.4 is 10.4 Å². The van der Waals surface area contributed by atoms with Gasteiger partial charge in [0.05, 0.1) is 19.1 Å². The predicted octanol–water partition coefficient (Wildman–Crippen LogP) is 4.01. The Morgan fingerprint density at radius 3 is 2.59 bits per heavy atom. The topological polar surface area (TPSA) is 65.7 Å². The van der Waals surface area contributed by atoms with E-state index in [1.807, 2.05) is 26.0 Å². The highest BCUT2D eigenvalue weighted by atomic mass is 16.5. The lowest BCUT2D eigenvalue weighted by molar-refractivity contribution is -0.139. The van der Waals surface area contributed by atoms with Gasteiger partial charge in [0.2, 0.25) is 0 Å². The predicted molar refractivity (Wildman–Crippen MR) is 103 cm³/mol. The van der Waals surface area contributed by atoms with Gasteiger partial charge < -0.3 is 13.9 Å².